The third-order valence-electron chi connectivity index (χ3n) is 5.13. The number of nitrogens with zero attached hydrogens (tertiary/aromatic N) is 1. The third-order valence-corrected chi connectivity index (χ3v) is 5.36. The van der Waals surface area contributed by atoms with Gasteiger partial charge in [0, 0.05) is 29.6 Å². The fourth-order valence-electron chi connectivity index (χ4n) is 3.86. The van der Waals surface area contributed by atoms with Crippen molar-refractivity contribution in [2.45, 2.75) is 31.7 Å². The molecule has 2 aliphatic carbocycles. The number of benzene rings is 1. The standard InChI is InChI=1S/C17H17ClF3NO/c1-2-15(23)22(9-11-8-12(18)5-6-13(11)19)10-16-7-3-4-14(16)17(16,20)21/h2,5-6,8,14H,1,3-4,7,9-10H2. The number of hydrogen-bond acceptors (Lipinski definition) is 1. The molecule has 2 aliphatic rings. The largest absolute Gasteiger partial charge is 0.334 e. The van der Waals surface area contributed by atoms with E-state index >= 15 is 0 Å². The fourth-order valence-corrected chi connectivity index (χ4v) is 4.05. The summed E-state index contributed by atoms with van der Waals surface area (Å²) in [7, 11) is 0. The second kappa shape index (κ2) is 5.55. The number of halogens is 4. The Morgan fingerprint density at radius 2 is 2.22 bits per heavy atom. The van der Waals surface area contributed by atoms with Crippen molar-refractivity contribution >= 4 is 17.5 Å². The fraction of sp³-hybridized carbons (Fsp3) is 0.471. The minimum absolute atomic E-state index is 0.0819. The summed E-state index contributed by atoms with van der Waals surface area (Å²) in [5.74, 6) is -4.40. The van der Waals surface area contributed by atoms with Gasteiger partial charge in [0.25, 0.3) is 5.92 Å². The summed E-state index contributed by atoms with van der Waals surface area (Å²) in [6.07, 6.45) is 2.68. The van der Waals surface area contributed by atoms with Crippen molar-refractivity contribution in [1.82, 2.24) is 4.90 Å². The van der Waals surface area contributed by atoms with Gasteiger partial charge in [0.2, 0.25) is 5.91 Å². The van der Waals surface area contributed by atoms with Crippen molar-refractivity contribution in [1.29, 1.82) is 0 Å². The van der Waals surface area contributed by atoms with E-state index in [4.69, 9.17) is 11.6 Å². The monoisotopic (exact) mass is 343 g/mol. The molecule has 2 atom stereocenters. The lowest BCUT2D eigenvalue weighted by atomic mass is 10.0. The van der Waals surface area contributed by atoms with Gasteiger partial charge < -0.3 is 4.90 Å². The lowest BCUT2D eigenvalue weighted by molar-refractivity contribution is -0.128. The summed E-state index contributed by atoms with van der Waals surface area (Å²) >= 11 is 5.85. The van der Waals surface area contributed by atoms with E-state index in [2.05, 4.69) is 6.58 Å². The molecular weight excluding hydrogens is 327 g/mol. The van der Waals surface area contributed by atoms with Crippen molar-refractivity contribution in [2.75, 3.05) is 6.54 Å². The third kappa shape index (κ3) is 2.55. The van der Waals surface area contributed by atoms with Gasteiger partial charge in [-0.1, -0.05) is 24.6 Å². The van der Waals surface area contributed by atoms with Gasteiger partial charge in [-0.3, -0.25) is 4.79 Å². The Morgan fingerprint density at radius 3 is 2.83 bits per heavy atom. The number of amides is 1. The topological polar surface area (TPSA) is 20.3 Å². The molecular formula is C17H17ClF3NO. The molecule has 2 unspecified atom stereocenters. The minimum atomic E-state index is -2.74. The van der Waals surface area contributed by atoms with E-state index < -0.39 is 29.0 Å². The summed E-state index contributed by atoms with van der Waals surface area (Å²) < 4.78 is 42.0. The number of rotatable bonds is 5. The molecule has 124 valence electrons. The maximum atomic E-state index is 14.0. The van der Waals surface area contributed by atoms with E-state index in [1.165, 1.54) is 23.1 Å². The number of carbonyl (C=O) groups is 1. The van der Waals surface area contributed by atoms with Gasteiger partial charge in [-0.05, 0) is 37.1 Å². The van der Waals surface area contributed by atoms with Crippen LogP contribution in [0.4, 0.5) is 13.2 Å². The molecule has 1 amide bonds. The molecule has 23 heavy (non-hydrogen) atoms. The Balaban J connectivity index is 1.83. The van der Waals surface area contributed by atoms with Crippen LogP contribution in [0, 0.1) is 17.2 Å². The minimum Gasteiger partial charge on any atom is -0.334 e. The van der Waals surface area contributed by atoms with Gasteiger partial charge in [-0.2, -0.15) is 0 Å². The van der Waals surface area contributed by atoms with Crippen LogP contribution in [-0.2, 0) is 11.3 Å². The van der Waals surface area contributed by atoms with E-state index in [0.29, 0.717) is 17.9 Å². The highest BCUT2D eigenvalue weighted by atomic mass is 35.5. The van der Waals surface area contributed by atoms with Crippen LogP contribution >= 0.6 is 11.6 Å². The summed E-state index contributed by atoms with van der Waals surface area (Å²) in [6, 6.07) is 4.02. The lowest BCUT2D eigenvalue weighted by Gasteiger charge is -2.26. The maximum absolute atomic E-state index is 14.0. The Morgan fingerprint density at radius 1 is 1.48 bits per heavy atom. The van der Waals surface area contributed by atoms with Crippen LogP contribution in [0.5, 0.6) is 0 Å². The van der Waals surface area contributed by atoms with Gasteiger partial charge >= 0.3 is 0 Å². The van der Waals surface area contributed by atoms with E-state index in [0.717, 1.165) is 12.5 Å². The average molecular weight is 344 g/mol. The van der Waals surface area contributed by atoms with E-state index in [9.17, 15) is 18.0 Å². The molecule has 2 saturated carbocycles. The zero-order chi connectivity index (χ0) is 16.8. The first-order chi connectivity index (χ1) is 10.8. The Hall–Kier alpha value is -1.49. The summed E-state index contributed by atoms with van der Waals surface area (Å²) in [4.78, 5) is 13.3. The van der Waals surface area contributed by atoms with Gasteiger partial charge in [0.1, 0.15) is 5.82 Å². The SMILES string of the molecule is C=CC(=O)N(Cc1cc(Cl)ccc1F)CC12CCCC1C2(F)F. The first kappa shape index (κ1) is 16.4. The molecule has 1 aromatic carbocycles. The molecule has 0 N–H and O–H groups in total. The molecule has 3 rings (SSSR count). The lowest BCUT2D eigenvalue weighted by Crippen LogP contribution is -2.36. The van der Waals surface area contributed by atoms with Gasteiger partial charge in [0.05, 0.1) is 5.41 Å². The molecule has 6 heteroatoms. The highest BCUT2D eigenvalue weighted by molar-refractivity contribution is 6.30. The highest BCUT2D eigenvalue weighted by Gasteiger charge is 2.81. The Labute approximate surface area is 137 Å². The summed E-state index contributed by atoms with van der Waals surface area (Å²) in [6.45, 7) is 3.23. The maximum Gasteiger partial charge on any atom is 0.259 e. The molecule has 0 radical (unpaired) electrons. The van der Waals surface area contributed by atoms with Crippen LogP contribution in [-0.4, -0.2) is 23.3 Å². The summed E-state index contributed by atoms with van der Waals surface area (Å²) in [5, 5.41) is 0.334. The van der Waals surface area contributed by atoms with Gasteiger partial charge in [-0.15, -0.1) is 0 Å². The van der Waals surface area contributed by atoms with Crippen molar-refractivity contribution in [3.63, 3.8) is 0 Å². The second-order valence-corrected chi connectivity index (χ2v) is 6.79. The quantitative estimate of drug-likeness (QED) is 0.724. The Kier molecular flexibility index (Phi) is 3.95. The van der Waals surface area contributed by atoms with Crippen molar-refractivity contribution in [3.05, 3.63) is 47.3 Å². The molecule has 0 spiro atoms. The Bertz CT molecular complexity index is 663. The number of hydrogen-bond donors (Lipinski definition) is 0. The van der Waals surface area contributed by atoms with Crippen LogP contribution in [0.3, 0.4) is 0 Å². The van der Waals surface area contributed by atoms with Crippen LogP contribution in [0.25, 0.3) is 0 Å². The van der Waals surface area contributed by atoms with E-state index in [1.807, 2.05) is 0 Å². The molecule has 0 aliphatic heterocycles. The first-order valence-electron chi connectivity index (χ1n) is 7.55. The molecule has 0 aromatic heterocycles. The molecule has 0 heterocycles. The predicted octanol–water partition coefficient (Wildman–Crippen LogP) is 4.43. The molecule has 1 aromatic rings. The van der Waals surface area contributed by atoms with E-state index in [-0.39, 0.29) is 18.7 Å². The van der Waals surface area contributed by atoms with Gasteiger partial charge in [0.15, 0.2) is 0 Å². The number of carbonyl (C=O) groups excluding carboxylic acids is 1. The molecule has 2 nitrogen and oxygen atoms in total. The van der Waals surface area contributed by atoms with Crippen molar-refractivity contribution < 1.29 is 18.0 Å². The summed E-state index contributed by atoms with van der Waals surface area (Å²) in [5.41, 5.74) is -0.941. The predicted molar refractivity (Wildman–Crippen MR) is 81.7 cm³/mol. The van der Waals surface area contributed by atoms with Crippen molar-refractivity contribution in [3.8, 4) is 0 Å². The smallest absolute Gasteiger partial charge is 0.259 e. The molecule has 0 saturated heterocycles. The first-order valence-corrected chi connectivity index (χ1v) is 7.93. The van der Waals surface area contributed by atoms with Crippen molar-refractivity contribution in [2.24, 2.45) is 11.3 Å². The van der Waals surface area contributed by atoms with Crippen LogP contribution in [0.15, 0.2) is 30.9 Å². The molecule has 0 bridgehead atoms. The highest BCUT2D eigenvalue weighted by Crippen LogP contribution is 2.74. The number of alkyl halides is 2. The van der Waals surface area contributed by atoms with Crippen LogP contribution in [0.1, 0.15) is 24.8 Å². The van der Waals surface area contributed by atoms with E-state index in [1.54, 1.807) is 0 Å². The second-order valence-electron chi connectivity index (χ2n) is 6.36. The molecule has 2 fully saturated rings. The van der Waals surface area contributed by atoms with Crippen LogP contribution in [0.2, 0.25) is 5.02 Å². The average Bonchev–Trinajstić information content (AvgIpc) is 2.83. The zero-order valence-corrected chi connectivity index (χ0v) is 13.3. The van der Waals surface area contributed by atoms with Crippen LogP contribution < -0.4 is 0 Å². The van der Waals surface area contributed by atoms with Gasteiger partial charge in [-0.25, -0.2) is 13.2 Å². The zero-order valence-electron chi connectivity index (χ0n) is 12.5. The normalized spacial score (nSPS) is 27.4. The number of fused-ring (bicyclic) bond motifs is 1.